The van der Waals surface area contributed by atoms with Crippen LogP contribution in [0.1, 0.15) is 5.56 Å². The number of nitrogens with zero attached hydrogens (tertiary/aromatic N) is 2. The third-order valence-electron chi connectivity index (χ3n) is 4.61. The SMILES string of the molecule is COc1cc(/C=C/C(=O)N2CCN(c3ccc(Cl)cc3)CC2)ccc1OC(F)F. The molecule has 0 aliphatic carbocycles. The maximum Gasteiger partial charge on any atom is 0.387 e. The average molecular weight is 423 g/mol. The van der Waals surface area contributed by atoms with Gasteiger partial charge in [0.25, 0.3) is 0 Å². The van der Waals surface area contributed by atoms with Crippen molar-refractivity contribution in [2.75, 3.05) is 38.2 Å². The zero-order valence-electron chi connectivity index (χ0n) is 15.9. The van der Waals surface area contributed by atoms with Crippen molar-refractivity contribution in [2.24, 2.45) is 0 Å². The summed E-state index contributed by atoms with van der Waals surface area (Å²) in [5.41, 5.74) is 1.73. The van der Waals surface area contributed by atoms with Gasteiger partial charge in [-0.1, -0.05) is 17.7 Å². The molecule has 8 heteroatoms. The van der Waals surface area contributed by atoms with Crippen molar-refractivity contribution in [3.8, 4) is 11.5 Å². The molecule has 1 heterocycles. The number of hydrogen-bond acceptors (Lipinski definition) is 4. The molecule has 29 heavy (non-hydrogen) atoms. The Balaban J connectivity index is 1.58. The first-order chi connectivity index (χ1) is 14.0. The van der Waals surface area contributed by atoms with Gasteiger partial charge in [-0.15, -0.1) is 0 Å². The van der Waals surface area contributed by atoms with Gasteiger partial charge < -0.3 is 19.3 Å². The Hall–Kier alpha value is -2.80. The number of benzene rings is 2. The van der Waals surface area contributed by atoms with E-state index in [4.69, 9.17) is 16.3 Å². The molecule has 1 fully saturated rings. The maximum atomic E-state index is 12.5. The van der Waals surface area contributed by atoms with Crippen LogP contribution in [-0.4, -0.2) is 50.7 Å². The molecule has 154 valence electrons. The lowest BCUT2D eigenvalue weighted by atomic mass is 10.1. The van der Waals surface area contributed by atoms with E-state index in [-0.39, 0.29) is 17.4 Å². The average Bonchev–Trinajstić information content (AvgIpc) is 2.73. The van der Waals surface area contributed by atoms with Crippen molar-refractivity contribution in [2.45, 2.75) is 6.61 Å². The van der Waals surface area contributed by atoms with E-state index in [1.807, 2.05) is 24.3 Å². The summed E-state index contributed by atoms with van der Waals surface area (Å²) in [7, 11) is 1.37. The molecule has 3 rings (SSSR count). The highest BCUT2D eigenvalue weighted by molar-refractivity contribution is 6.30. The zero-order chi connectivity index (χ0) is 20.8. The van der Waals surface area contributed by atoms with Crippen LogP contribution < -0.4 is 14.4 Å². The molecule has 0 spiro atoms. The van der Waals surface area contributed by atoms with Gasteiger partial charge in [-0.3, -0.25) is 4.79 Å². The van der Waals surface area contributed by atoms with Crippen molar-refractivity contribution < 1.29 is 23.0 Å². The smallest absolute Gasteiger partial charge is 0.387 e. The molecule has 0 unspecified atom stereocenters. The minimum absolute atomic E-state index is 0.0516. The van der Waals surface area contributed by atoms with E-state index >= 15 is 0 Å². The molecule has 0 atom stereocenters. The number of piperazine rings is 1. The number of rotatable bonds is 6. The summed E-state index contributed by atoms with van der Waals surface area (Å²) in [5, 5.41) is 0.693. The van der Waals surface area contributed by atoms with Gasteiger partial charge in [-0.05, 0) is 48.0 Å². The predicted octanol–water partition coefficient (Wildman–Crippen LogP) is 4.31. The van der Waals surface area contributed by atoms with Gasteiger partial charge in [0.2, 0.25) is 5.91 Å². The summed E-state index contributed by atoms with van der Waals surface area (Å²) in [6.45, 7) is -0.255. The number of ether oxygens (including phenoxy) is 2. The number of carbonyl (C=O) groups is 1. The van der Waals surface area contributed by atoms with E-state index in [9.17, 15) is 13.6 Å². The first-order valence-corrected chi connectivity index (χ1v) is 9.44. The van der Waals surface area contributed by atoms with Gasteiger partial charge >= 0.3 is 6.61 Å². The third-order valence-corrected chi connectivity index (χ3v) is 4.86. The van der Waals surface area contributed by atoms with Crippen LogP contribution in [0.4, 0.5) is 14.5 Å². The van der Waals surface area contributed by atoms with Gasteiger partial charge in [0, 0.05) is 43.0 Å². The van der Waals surface area contributed by atoms with Crippen molar-refractivity contribution in [3.05, 3.63) is 59.1 Å². The van der Waals surface area contributed by atoms with Crippen LogP contribution in [0.3, 0.4) is 0 Å². The molecule has 0 aromatic heterocycles. The van der Waals surface area contributed by atoms with Gasteiger partial charge in [-0.25, -0.2) is 0 Å². The lowest BCUT2D eigenvalue weighted by Crippen LogP contribution is -2.48. The summed E-state index contributed by atoms with van der Waals surface area (Å²) < 4.78 is 34.3. The van der Waals surface area contributed by atoms with E-state index < -0.39 is 6.61 Å². The topological polar surface area (TPSA) is 42.0 Å². The van der Waals surface area contributed by atoms with Crippen molar-refractivity contribution in [3.63, 3.8) is 0 Å². The normalized spacial score (nSPS) is 14.5. The monoisotopic (exact) mass is 422 g/mol. The van der Waals surface area contributed by atoms with E-state index in [0.29, 0.717) is 23.7 Å². The fourth-order valence-electron chi connectivity index (χ4n) is 3.09. The van der Waals surface area contributed by atoms with Gasteiger partial charge in [0.1, 0.15) is 0 Å². The minimum Gasteiger partial charge on any atom is -0.493 e. The number of methoxy groups -OCH3 is 1. The first kappa shape index (κ1) is 20.9. The Morgan fingerprint density at radius 3 is 2.38 bits per heavy atom. The number of hydrogen-bond donors (Lipinski definition) is 0. The van der Waals surface area contributed by atoms with Crippen LogP contribution in [0, 0.1) is 0 Å². The molecule has 2 aromatic rings. The molecule has 0 saturated carbocycles. The Bertz CT molecular complexity index is 867. The van der Waals surface area contributed by atoms with E-state index in [2.05, 4.69) is 9.64 Å². The van der Waals surface area contributed by atoms with E-state index in [0.717, 1.165) is 18.8 Å². The second-order valence-corrected chi connectivity index (χ2v) is 6.85. The number of halogens is 3. The van der Waals surface area contributed by atoms with Gasteiger partial charge in [-0.2, -0.15) is 8.78 Å². The molecule has 1 amide bonds. The number of carbonyl (C=O) groups excluding carboxylic acids is 1. The zero-order valence-corrected chi connectivity index (χ0v) is 16.6. The predicted molar refractivity (Wildman–Crippen MR) is 109 cm³/mol. The van der Waals surface area contributed by atoms with Gasteiger partial charge in [0.05, 0.1) is 7.11 Å². The van der Waals surface area contributed by atoms with Gasteiger partial charge in [0.15, 0.2) is 11.5 Å². The second-order valence-electron chi connectivity index (χ2n) is 6.41. The third kappa shape index (κ3) is 5.60. The van der Waals surface area contributed by atoms with Crippen molar-refractivity contribution >= 4 is 29.3 Å². The number of anilines is 1. The quantitative estimate of drug-likeness (QED) is 0.650. The van der Waals surface area contributed by atoms with Crippen LogP contribution in [0.5, 0.6) is 11.5 Å². The van der Waals surface area contributed by atoms with Crippen LogP contribution in [-0.2, 0) is 4.79 Å². The van der Waals surface area contributed by atoms with Crippen molar-refractivity contribution in [1.29, 1.82) is 0 Å². The standard InChI is InChI=1S/C21H21ClF2N2O3/c1-28-19-14-15(2-8-18(19)29-21(23)24)3-9-20(27)26-12-10-25(11-13-26)17-6-4-16(22)5-7-17/h2-9,14,21H,10-13H2,1H3/b9-3+. The molecule has 0 bridgehead atoms. The van der Waals surface area contributed by atoms with Crippen LogP contribution >= 0.6 is 11.6 Å². The summed E-state index contributed by atoms with van der Waals surface area (Å²) in [4.78, 5) is 16.5. The molecule has 5 nitrogen and oxygen atoms in total. The highest BCUT2D eigenvalue weighted by atomic mass is 35.5. The molecule has 1 aliphatic heterocycles. The lowest BCUT2D eigenvalue weighted by molar-refractivity contribution is -0.126. The highest BCUT2D eigenvalue weighted by Gasteiger charge is 2.20. The Morgan fingerprint density at radius 1 is 1.07 bits per heavy atom. The molecule has 1 aliphatic rings. The fraction of sp³-hybridized carbons (Fsp3) is 0.286. The Kier molecular flexibility index (Phi) is 6.93. The summed E-state index contributed by atoms with van der Waals surface area (Å²) in [5.74, 6) is 0.0217. The van der Waals surface area contributed by atoms with Crippen LogP contribution in [0.25, 0.3) is 6.08 Å². The summed E-state index contributed by atoms with van der Waals surface area (Å²) in [6.07, 6.45) is 3.10. The van der Waals surface area contributed by atoms with Crippen molar-refractivity contribution in [1.82, 2.24) is 4.90 Å². The summed E-state index contributed by atoms with van der Waals surface area (Å²) in [6, 6.07) is 12.2. The second kappa shape index (κ2) is 9.60. The maximum absolute atomic E-state index is 12.5. The van der Waals surface area contributed by atoms with Crippen LogP contribution in [0.15, 0.2) is 48.5 Å². The largest absolute Gasteiger partial charge is 0.493 e. The van der Waals surface area contributed by atoms with E-state index in [1.165, 1.54) is 19.3 Å². The molecule has 0 radical (unpaired) electrons. The Labute approximate surface area is 173 Å². The summed E-state index contributed by atoms with van der Waals surface area (Å²) >= 11 is 5.92. The molecule has 1 saturated heterocycles. The molecule has 2 aromatic carbocycles. The Morgan fingerprint density at radius 2 is 1.76 bits per heavy atom. The number of amides is 1. The molecular formula is C21H21ClF2N2O3. The number of alkyl halides is 2. The van der Waals surface area contributed by atoms with Crippen LogP contribution in [0.2, 0.25) is 5.02 Å². The lowest BCUT2D eigenvalue weighted by Gasteiger charge is -2.35. The molecular weight excluding hydrogens is 402 g/mol. The minimum atomic E-state index is -2.93. The van der Waals surface area contributed by atoms with E-state index in [1.54, 1.807) is 23.1 Å². The fourth-order valence-corrected chi connectivity index (χ4v) is 3.22. The molecule has 0 N–H and O–H groups in total. The first-order valence-electron chi connectivity index (χ1n) is 9.06. The highest BCUT2D eigenvalue weighted by Crippen LogP contribution is 2.30.